The summed E-state index contributed by atoms with van der Waals surface area (Å²) in [6.45, 7) is 0.598. The summed E-state index contributed by atoms with van der Waals surface area (Å²) in [6.07, 6.45) is 4.94. The third-order valence-electron chi connectivity index (χ3n) is 3.70. The van der Waals surface area contributed by atoms with Crippen LogP contribution in [-0.4, -0.2) is 38.0 Å². The molecule has 0 saturated carbocycles. The van der Waals surface area contributed by atoms with Crippen molar-refractivity contribution in [1.82, 2.24) is 0 Å². The predicted molar refractivity (Wildman–Crippen MR) is 104 cm³/mol. The van der Waals surface area contributed by atoms with Crippen LogP contribution in [0.1, 0.15) is 5.56 Å². The molecular formula is C20H19NO5S. The van der Waals surface area contributed by atoms with Gasteiger partial charge in [0.25, 0.3) is 5.91 Å². The van der Waals surface area contributed by atoms with Crippen LogP contribution in [0.4, 0.5) is 5.69 Å². The molecule has 140 valence electrons. The number of hydrogen-bond acceptors (Lipinski definition) is 6. The molecule has 3 rings (SSSR count). The number of rotatable bonds is 6. The van der Waals surface area contributed by atoms with E-state index in [1.807, 2.05) is 30.5 Å². The van der Waals surface area contributed by atoms with E-state index in [1.54, 1.807) is 36.0 Å². The number of fused-ring (bicyclic) bond motifs is 1. The van der Waals surface area contributed by atoms with Crippen LogP contribution in [0, 0.1) is 0 Å². The van der Waals surface area contributed by atoms with E-state index in [-0.39, 0.29) is 6.61 Å². The van der Waals surface area contributed by atoms with E-state index in [9.17, 15) is 9.59 Å². The summed E-state index contributed by atoms with van der Waals surface area (Å²) in [5.74, 6) is 0.201. The number of hydrogen-bond donors (Lipinski definition) is 1. The molecule has 0 unspecified atom stereocenters. The molecule has 1 heterocycles. The first-order valence-electron chi connectivity index (χ1n) is 8.32. The molecule has 0 saturated heterocycles. The van der Waals surface area contributed by atoms with Gasteiger partial charge in [-0.25, -0.2) is 4.79 Å². The lowest BCUT2D eigenvalue weighted by atomic mass is 10.2. The molecule has 6 nitrogen and oxygen atoms in total. The first-order valence-corrected chi connectivity index (χ1v) is 9.55. The van der Waals surface area contributed by atoms with Crippen LogP contribution in [-0.2, 0) is 14.3 Å². The van der Waals surface area contributed by atoms with Crippen LogP contribution < -0.4 is 14.8 Å². The van der Waals surface area contributed by atoms with Gasteiger partial charge in [0.1, 0.15) is 13.2 Å². The fourth-order valence-electron chi connectivity index (χ4n) is 2.38. The van der Waals surface area contributed by atoms with Crippen molar-refractivity contribution in [3.63, 3.8) is 0 Å². The zero-order valence-corrected chi connectivity index (χ0v) is 15.6. The van der Waals surface area contributed by atoms with Gasteiger partial charge < -0.3 is 19.5 Å². The van der Waals surface area contributed by atoms with E-state index in [0.717, 1.165) is 10.5 Å². The zero-order valence-electron chi connectivity index (χ0n) is 14.8. The van der Waals surface area contributed by atoms with Crippen molar-refractivity contribution in [3.8, 4) is 11.5 Å². The van der Waals surface area contributed by atoms with Gasteiger partial charge in [-0.2, -0.15) is 0 Å². The smallest absolute Gasteiger partial charge is 0.331 e. The molecule has 0 radical (unpaired) electrons. The van der Waals surface area contributed by atoms with E-state index in [4.69, 9.17) is 14.2 Å². The van der Waals surface area contributed by atoms with Gasteiger partial charge in [0.2, 0.25) is 0 Å². The second-order valence-electron chi connectivity index (χ2n) is 5.62. The molecule has 1 aliphatic heterocycles. The SMILES string of the molecule is CSc1ccc(C=CC(=O)OCC(=O)Nc2ccc3c(c2)OCCO3)cc1. The summed E-state index contributed by atoms with van der Waals surface area (Å²) < 4.78 is 15.8. The molecular weight excluding hydrogens is 366 g/mol. The number of nitrogens with one attached hydrogen (secondary N) is 1. The van der Waals surface area contributed by atoms with E-state index in [2.05, 4.69) is 5.32 Å². The van der Waals surface area contributed by atoms with Gasteiger partial charge in [0, 0.05) is 22.7 Å². The summed E-state index contributed by atoms with van der Waals surface area (Å²) in [7, 11) is 0. The first kappa shape index (κ1) is 18.8. The molecule has 2 aromatic rings. The molecule has 0 aliphatic carbocycles. The topological polar surface area (TPSA) is 73.9 Å². The van der Waals surface area contributed by atoms with Crippen molar-refractivity contribution >= 4 is 35.4 Å². The summed E-state index contributed by atoms with van der Waals surface area (Å²) in [5, 5.41) is 2.66. The molecule has 0 fully saturated rings. The molecule has 0 bridgehead atoms. The number of amides is 1. The standard InChI is InChI=1S/C20H19NO5S/c1-27-16-6-2-14(3-7-16)4-9-20(23)26-13-19(22)21-15-5-8-17-18(12-15)25-11-10-24-17/h2-9,12H,10-11,13H2,1H3,(H,21,22). The minimum atomic E-state index is -0.582. The van der Waals surface area contributed by atoms with Crippen LogP contribution in [0.25, 0.3) is 6.08 Å². The highest BCUT2D eigenvalue weighted by molar-refractivity contribution is 7.98. The Kier molecular flexibility index (Phi) is 6.38. The van der Waals surface area contributed by atoms with E-state index in [1.165, 1.54) is 6.08 Å². The minimum Gasteiger partial charge on any atom is -0.486 e. The molecule has 2 aromatic carbocycles. The Morgan fingerprint density at radius 1 is 1.11 bits per heavy atom. The Morgan fingerprint density at radius 2 is 1.85 bits per heavy atom. The van der Waals surface area contributed by atoms with Gasteiger partial charge in [-0.15, -0.1) is 11.8 Å². The van der Waals surface area contributed by atoms with E-state index >= 15 is 0 Å². The average Bonchev–Trinajstić information content (AvgIpc) is 2.71. The van der Waals surface area contributed by atoms with Crippen molar-refractivity contribution in [3.05, 3.63) is 54.1 Å². The van der Waals surface area contributed by atoms with Crippen molar-refractivity contribution in [2.45, 2.75) is 4.90 Å². The highest BCUT2D eigenvalue weighted by Crippen LogP contribution is 2.32. The van der Waals surface area contributed by atoms with E-state index < -0.39 is 11.9 Å². The lowest BCUT2D eigenvalue weighted by molar-refractivity contribution is -0.142. The molecule has 0 atom stereocenters. The predicted octanol–water partition coefficient (Wildman–Crippen LogP) is 3.37. The van der Waals surface area contributed by atoms with Gasteiger partial charge in [0.05, 0.1) is 0 Å². The fraction of sp³-hybridized carbons (Fsp3) is 0.200. The quantitative estimate of drug-likeness (QED) is 0.467. The maximum atomic E-state index is 11.9. The van der Waals surface area contributed by atoms with Crippen LogP contribution in [0.2, 0.25) is 0 Å². The Bertz CT molecular complexity index is 848. The average molecular weight is 385 g/mol. The van der Waals surface area contributed by atoms with Gasteiger partial charge in [-0.05, 0) is 42.2 Å². The second-order valence-corrected chi connectivity index (χ2v) is 6.50. The molecule has 1 amide bonds. The molecule has 0 spiro atoms. The zero-order chi connectivity index (χ0) is 19.1. The number of benzene rings is 2. The van der Waals surface area contributed by atoms with Crippen molar-refractivity contribution in [1.29, 1.82) is 0 Å². The van der Waals surface area contributed by atoms with Crippen molar-refractivity contribution in [2.24, 2.45) is 0 Å². The largest absolute Gasteiger partial charge is 0.486 e. The minimum absolute atomic E-state index is 0.372. The summed E-state index contributed by atoms with van der Waals surface area (Å²) in [6, 6.07) is 12.8. The Balaban J connectivity index is 1.46. The number of carbonyl (C=O) groups excluding carboxylic acids is 2. The van der Waals surface area contributed by atoms with Crippen LogP contribution in [0.3, 0.4) is 0 Å². The summed E-state index contributed by atoms with van der Waals surface area (Å²) in [4.78, 5) is 24.8. The summed E-state index contributed by atoms with van der Waals surface area (Å²) >= 11 is 1.65. The lowest BCUT2D eigenvalue weighted by Crippen LogP contribution is -2.20. The lowest BCUT2D eigenvalue weighted by Gasteiger charge is -2.18. The number of carbonyl (C=O) groups is 2. The maximum absolute atomic E-state index is 11.9. The number of ether oxygens (including phenoxy) is 3. The maximum Gasteiger partial charge on any atom is 0.331 e. The van der Waals surface area contributed by atoms with Crippen LogP contribution in [0.15, 0.2) is 53.4 Å². The second kappa shape index (κ2) is 9.14. The first-order chi connectivity index (χ1) is 13.1. The molecule has 27 heavy (non-hydrogen) atoms. The van der Waals surface area contributed by atoms with E-state index in [0.29, 0.717) is 30.4 Å². The van der Waals surface area contributed by atoms with Gasteiger partial charge in [-0.1, -0.05) is 12.1 Å². The Morgan fingerprint density at radius 3 is 2.59 bits per heavy atom. The molecule has 0 aromatic heterocycles. The molecule has 1 N–H and O–H groups in total. The summed E-state index contributed by atoms with van der Waals surface area (Å²) in [5.41, 5.74) is 1.43. The number of anilines is 1. The Labute approximate surface area is 161 Å². The van der Waals surface area contributed by atoms with Gasteiger partial charge in [-0.3, -0.25) is 4.79 Å². The van der Waals surface area contributed by atoms with Crippen molar-refractivity contribution < 1.29 is 23.8 Å². The Hall–Kier alpha value is -2.93. The molecule has 1 aliphatic rings. The number of esters is 1. The monoisotopic (exact) mass is 385 g/mol. The third-order valence-corrected chi connectivity index (χ3v) is 4.44. The van der Waals surface area contributed by atoms with Crippen LogP contribution >= 0.6 is 11.8 Å². The normalized spacial score (nSPS) is 12.6. The molecule has 7 heteroatoms. The van der Waals surface area contributed by atoms with Crippen LogP contribution in [0.5, 0.6) is 11.5 Å². The highest BCUT2D eigenvalue weighted by Gasteiger charge is 2.13. The number of thioether (sulfide) groups is 1. The van der Waals surface area contributed by atoms with Gasteiger partial charge in [0.15, 0.2) is 18.1 Å². The highest BCUT2D eigenvalue weighted by atomic mass is 32.2. The fourth-order valence-corrected chi connectivity index (χ4v) is 2.79. The third kappa shape index (κ3) is 5.52. The van der Waals surface area contributed by atoms with Gasteiger partial charge >= 0.3 is 5.97 Å². The van der Waals surface area contributed by atoms with Crippen molar-refractivity contribution in [2.75, 3.05) is 31.4 Å².